The molecule has 0 saturated carbocycles. The second-order valence-electron chi connectivity index (χ2n) is 4.48. The van der Waals surface area contributed by atoms with Gasteiger partial charge in [-0.2, -0.15) is 9.57 Å². The van der Waals surface area contributed by atoms with Crippen LogP contribution in [0.2, 0.25) is 0 Å². The Hall–Kier alpha value is -1.39. The quantitative estimate of drug-likeness (QED) is 0.805. The van der Waals surface area contributed by atoms with Gasteiger partial charge >= 0.3 is 0 Å². The van der Waals surface area contributed by atoms with Crippen molar-refractivity contribution in [3.8, 4) is 6.07 Å². The topological polar surface area (TPSA) is 87.2 Å². The van der Waals surface area contributed by atoms with Crippen molar-refractivity contribution in [2.24, 2.45) is 5.92 Å². The van der Waals surface area contributed by atoms with E-state index in [0.29, 0.717) is 24.4 Å². The molecular weight excluding hydrogens is 254 g/mol. The normalized spacial score (nSPS) is 21.7. The molecule has 0 radical (unpaired) electrons. The SMILES string of the molecule is Cc1noc(C)c1S(=O)(=O)N1CCCC(C#N)C1. The molecule has 1 aromatic rings. The zero-order valence-corrected chi connectivity index (χ0v) is 11.2. The average Bonchev–Trinajstić information content (AvgIpc) is 2.69. The highest BCUT2D eigenvalue weighted by Gasteiger charge is 2.34. The van der Waals surface area contributed by atoms with Crippen molar-refractivity contribution in [1.29, 1.82) is 5.26 Å². The van der Waals surface area contributed by atoms with E-state index in [4.69, 9.17) is 9.78 Å². The zero-order valence-electron chi connectivity index (χ0n) is 10.4. The molecule has 1 aliphatic heterocycles. The number of aryl methyl sites for hydroxylation is 2. The summed E-state index contributed by atoms with van der Waals surface area (Å²) >= 11 is 0. The first-order chi connectivity index (χ1) is 8.46. The molecule has 18 heavy (non-hydrogen) atoms. The fourth-order valence-electron chi connectivity index (χ4n) is 2.24. The number of sulfonamides is 1. The molecule has 1 unspecified atom stereocenters. The summed E-state index contributed by atoms with van der Waals surface area (Å²) in [7, 11) is -3.60. The standard InChI is InChI=1S/C11H15N3O3S/c1-8-11(9(2)17-13-8)18(15,16)14-5-3-4-10(6-12)7-14/h10H,3-5,7H2,1-2H3. The lowest BCUT2D eigenvalue weighted by Gasteiger charge is -2.28. The smallest absolute Gasteiger partial charge is 0.248 e. The molecule has 2 heterocycles. The molecule has 1 aromatic heterocycles. The lowest BCUT2D eigenvalue weighted by molar-refractivity contribution is 0.304. The molecule has 1 fully saturated rings. The van der Waals surface area contributed by atoms with Gasteiger partial charge in [0.1, 0.15) is 10.6 Å². The van der Waals surface area contributed by atoms with Crippen LogP contribution in [-0.2, 0) is 10.0 Å². The summed E-state index contributed by atoms with van der Waals surface area (Å²) in [6, 6.07) is 2.14. The van der Waals surface area contributed by atoms with Crippen molar-refractivity contribution in [3.63, 3.8) is 0 Å². The van der Waals surface area contributed by atoms with Gasteiger partial charge in [-0.25, -0.2) is 8.42 Å². The molecular formula is C11H15N3O3S. The molecule has 0 aliphatic carbocycles. The number of hydrogen-bond donors (Lipinski definition) is 0. The van der Waals surface area contributed by atoms with Crippen LogP contribution < -0.4 is 0 Å². The Morgan fingerprint density at radius 2 is 2.22 bits per heavy atom. The minimum atomic E-state index is -3.60. The number of rotatable bonds is 2. The predicted octanol–water partition coefficient (Wildman–Crippen LogP) is 1.22. The summed E-state index contributed by atoms with van der Waals surface area (Å²) in [5.74, 6) is 0.0700. The number of aromatic nitrogens is 1. The Morgan fingerprint density at radius 3 is 2.78 bits per heavy atom. The van der Waals surface area contributed by atoms with Gasteiger partial charge in [-0.15, -0.1) is 0 Å². The van der Waals surface area contributed by atoms with Gasteiger partial charge in [-0.3, -0.25) is 0 Å². The van der Waals surface area contributed by atoms with Crippen molar-refractivity contribution < 1.29 is 12.9 Å². The molecule has 2 rings (SSSR count). The largest absolute Gasteiger partial charge is 0.360 e. The van der Waals surface area contributed by atoms with E-state index in [1.807, 2.05) is 0 Å². The maximum absolute atomic E-state index is 12.5. The van der Waals surface area contributed by atoms with Crippen LogP contribution in [-0.4, -0.2) is 31.0 Å². The maximum Gasteiger partial charge on any atom is 0.248 e. The third-order valence-corrected chi connectivity index (χ3v) is 5.24. The molecule has 98 valence electrons. The third-order valence-electron chi connectivity index (χ3n) is 3.13. The average molecular weight is 269 g/mol. The molecule has 0 N–H and O–H groups in total. The zero-order chi connectivity index (χ0) is 13.3. The van der Waals surface area contributed by atoms with Gasteiger partial charge in [-0.1, -0.05) is 5.16 Å². The summed E-state index contributed by atoms with van der Waals surface area (Å²) < 4.78 is 31.2. The molecule has 6 nitrogen and oxygen atoms in total. The first-order valence-electron chi connectivity index (χ1n) is 5.79. The van der Waals surface area contributed by atoms with Crippen molar-refractivity contribution in [2.75, 3.05) is 13.1 Å². The van der Waals surface area contributed by atoms with Crippen LogP contribution in [0.5, 0.6) is 0 Å². The van der Waals surface area contributed by atoms with Crippen LogP contribution in [0.25, 0.3) is 0 Å². The molecule has 0 amide bonds. The van der Waals surface area contributed by atoms with Crippen molar-refractivity contribution in [1.82, 2.24) is 9.46 Å². The lowest BCUT2D eigenvalue weighted by Crippen LogP contribution is -2.39. The molecule has 7 heteroatoms. The summed E-state index contributed by atoms with van der Waals surface area (Å²) in [5.41, 5.74) is 0.367. The fraction of sp³-hybridized carbons (Fsp3) is 0.636. The molecule has 0 spiro atoms. The van der Waals surface area contributed by atoms with E-state index in [1.165, 1.54) is 4.31 Å². The van der Waals surface area contributed by atoms with Crippen LogP contribution >= 0.6 is 0 Å². The number of nitriles is 1. The second kappa shape index (κ2) is 4.71. The van der Waals surface area contributed by atoms with E-state index < -0.39 is 10.0 Å². The Labute approximate surface area is 106 Å². The Kier molecular flexibility index (Phi) is 3.41. The van der Waals surface area contributed by atoms with Crippen molar-refractivity contribution in [2.45, 2.75) is 31.6 Å². The van der Waals surface area contributed by atoms with Crippen molar-refractivity contribution in [3.05, 3.63) is 11.5 Å². The van der Waals surface area contributed by atoms with Crippen molar-refractivity contribution >= 4 is 10.0 Å². The monoisotopic (exact) mass is 269 g/mol. The van der Waals surface area contributed by atoms with Gasteiger partial charge in [0.15, 0.2) is 5.76 Å². The molecule has 1 saturated heterocycles. The number of piperidine rings is 1. The van der Waals surface area contributed by atoms with E-state index in [2.05, 4.69) is 11.2 Å². The highest BCUT2D eigenvalue weighted by Crippen LogP contribution is 2.27. The van der Waals surface area contributed by atoms with E-state index in [-0.39, 0.29) is 17.4 Å². The first-order valence-corrected chi connectivity index (χ1v) is 7.23. The van der Waals surface area contributed by atoms with Crippen LogP contribution in [0.1, 0.15) is 24.3 Å². The van der Waals surface area contributed by atoms with Crippen LogP contribution in [0.3, 0.4) is 0 Å². The summed E-state index contributed by atoms with van der Waals surface area (Å²) in [4.78, 5) is 0.140. The van der Waals surface area contributed by atoms with E-state index in [0.717, 1.165) is 6.42 Å². The summed E-state index contributed by atoms with van der Waals surface area (Å²) in [6.45, 7) is 3.89. The van der Waals surface area contributed by atoms with Crippen LogP contribution in [0, 0.1) is 31.1 Å². The highest BCUT2D eigenvalue weighted by molar-refractivity contribution is 7.89. The van der Waals surface area contributed by atoms with Gasteiger partial charge in [-0.05, 0) is 26.7 Å². The van der Waals surface area contributed by atoms with Gasteiger partial charge in [0, 0.05) is 13.1 Å². The summed E-state index contributed by atoms with van der Waals surface area (Å²) in [6.07, 6.45) is 1.46. The second-order valence-corrected chi connectivity index (χ2v) is 6.36. The first kappa shape index (κ1) is 13.1. The molecule has 1 atom stereocenters. The van der Waals surface area contributed by atoms with Gasteiger partial charge in [0.2, 0.25) is 10.0 Å². The van der Waals surface area contributed by atoms with E-state index in [9.17, 15) is 8.42 Å². The number of hydrogen-bond acceptors (Lipinski definition) is 5. The molecule has 0 bridgehead atoms. The van der Waals surface area contributed by atoms with Gasteiger partial charge < -0.3 is 4.52 Å². The third kappa shape index (κ3) is 2.13. The highest BCUT2D eigenvalue weighted by atomic mass is 32.2. The minimum absolute atomic E-state index is 0.140. The summed E-state index contributed by atoms with van der Waals surface area (Å²) in [5, 5.41) is 12.6. The van der Waals surface area contributed by atoms with Crippen LogP contribution in [0.4, 0.5) is 0 Å². The molecule has 0 aromatic carbocycles. The maximum atomic E-state index is 12.5. The Bertz CT molecular complexity index is 566. The minimum Gasteiger partial charge on any atom is -0.360 e. The molecule has 1 aliphatic rings. The number of nitrogens with zero attached hydrogens (tertiary/aromatic N) is 3. The Morgan fingerprint density at radius 1 is 1.50 bits per heavy atom. The lowest BCUT2D eigenvalue weighted by atomic mass is 10.0. The fourth-order valence-corrected chi connectivity index (χ4v) is 4.05. The van der Waals surface area contributed by atoms with Gasteiger partial charge in [0.05, 0.1) is 12.0 Å². The van der Waals surface area contributed by atoms with Crippen LogP contribution in [0.15, 0.2) is 9.42 Å². The Balaban J connectivity index is 2.35. The van der Waals surface area contributed by atoms with E-state index >= 15 is 0 Å². The van der Waals surface area contributed by atoms with Gasteiger partial charge in [0.25, 0.3) is 0 Å². The predicted molar refractivity (Wildman–Crippen MR) is 63.1 cm³/mol. The van der Waals surface area contributed by atoms with E-state index in [1.54, 1.807) is 13.8 Å².